The molecule has 0 bridgehead atoms. The maximum atomic E-state index is 13.1. The van der Waals surface area contributed by atoms with E-state index in [1.807, 2.05) is 34.5 Å². The number of rotatable bonds is 18. The summed E-state index contributed by atoms with van der Waals surface area (Å²) >= 11 is -4.32. The first kappa shape index (κ1) is 34.6. The predicted octanol–water partition coefficient (Wildman–Crippen LogP) is 6.19. The van der Waals surface area contributed by atoms with Crippen molar-refractivity contribution in [2.24, 2.45) is 0 Å². The second-order valence-corrected chi connectivity index (χ2v) is 14.8. The van der Waals surface area contributed by atoms with Crippen LogP contribution >= 0.6 is 0 Å². The Morgan fingerprint density at radius 3 is 1.05 bits per heavy atom. The standard InChI is InChI=1S/3C11H17NO2.In/c3*1-3-4-5-7-12-8-6-10(13)11(14)9(12)2;/h3*6,8,14H,3-5,7H2,1-2H3;/q;;;+3/p-3. The number of pyridine rings is 3. The number of hydrogen-bond acceptors (Lipinski definition) is 6. The minimum absolute atomic E-state index is 0.147. The Hall–Kier alpha value is -2.88. The van der Waals surface area contributed by atoms with Crippen molar-refractivity contribution in [1.82, 2.24) is 13.7 Å². The van der Waals surface area contributed by atoms with Gasteiger partial charge in [0.05, 0.1) is 0 Å². The molecule has 3 aromatic heterocycles. The van der Waals surface area contributed by atoms with Crippen LogP contribution in [0.2, 0.25) is 0 Å². The normalized spacial score (nSPS) is 11.0. The topological polar surface area (TPSA) is 93.7 Å². The number of hydrogen-bond donors (Lipinski definition) is 0. The van der Waals surface area contributed by atoms with Crippen molar-refractivity contribution in [2.45, 2.75) is 119 Å². The van der Waals surface area contributed by atoms with E-state index in [-0.39, 0.29) is 33.5 Å². The number of unbranched alkanes of at least 4 members (excludes halogenated alkanes) is 6. The summed E-state index contributed by atoms with van der Waals surface area (Å²) in [4.78, 5) is 39.3. The Morgan fingerprint density at radius 1 is 0.512 bits per heavy atom. The molecule has 0 aliphatic heterocycles. The van der Waals surface area contributed by atoms with Gasteiger partial charge < -0.3 is 0 Å². The fourth-order valence-corrected chi connectivity index (χ4v) is 9.59. The van der Waals surface area contributed by atoms with Gasteiger partial charge in [0.15, 0.2) is 0 Å². The van der Waals surface area contributed by atoms with E-state index in [0.29, 0.717) is 17.1 Å². The molecule has 234 valence electrons. The van der Waals surface area contributed by atoms with Crippen LogP contribution in [0.15, 0.2) is 51.2 Å². The van der Waals surface area contributed by atoms with Crippen LogP contribution in [0.3, 0.4) is 0 Å². The van der Waals surface area contributed by atoms with Gasteiger partial charge in [-0.1, -0.05) is 0 Å². The van der Waals surface area contributed by atoms with Gasteiger partial charge in [0.2, 0.25) is 0 Å². The molecule has 0 unspecified atom stereocenters. The minimum atomic E-state index is -4.32. The molecule has 3 rings (SSSR count). The first-order valence-corrected chi connectivity index (χ1v) is 19.8. The third-order valence-corrected chi connectivity index (χ3v) is 11.5. The molecule has 10 heteroatoms. The Labute approximate surface area is 264 Å². The molecule has 0 N–H and O–H groups in total. The molecule has 3 aromatic rings. The van der Waals surface area contributed by atoms with Crippen LogP contribution in [0.1, 0.15) is 95.6 Å². The molecule has 0 fully saturated rings. The molecular weight excluding hydrogens is 649 g/mol. The van der Waals surface area contributed by atoms with Crippen molar-refractivity contribution in [3.63, 3.8) is 0 Å². The molecule has 0 aromatic carbocycles. The molecule has 0 atom stereocenters. The maximum absolute atomic E-state index is 13.1. The summed E-state index contributed by atoms with van der Waals surface area (Å²) in [7, 11) is 0. The third-order valence-electron chi connectivity index (χ3n) is 7.82. The van der Waals surface area contributed by atoms with Crippen molar-refractivity contribution < 1.29 is 8.56 Å². The molecule has 0 saturated heterocycles. The molecule has 3 heterocycles. The van der Waals surface area contributed by atoms with Crippen LogP contribution in [0.4, 0.5) is 0 Å². The van der Waals surface area contributed by atoms with Crippen LogP contribution < -0.4 is 24.8 Å². The number of nitrogens with zero attached hydrogens (tertiary/aromatic N) is 3. The average molecular weight is 698 g/mol. The number of aryl methyl sites for hydroxylation is 3. The van der Waals surface area contributed by atoms with Crippen molar-refractivity contribution in [2.75, 3.05) is 0 Å². The van der Waals surface area contributed by atoms with Crippen molar-refractivity contribution in [1.29, 1.82) is 0 Å². The van der Waals surface area contributed by atoms with Gasteiger partial charge in [-0.05, 0) is 0 Å². The second-order valence-electron chi connectivity index (χ2n) is 11.1. The zero-order chi connectivity index (χ0) is 31.4. The first-order valence-electron chi connectivity index (χ1n) is 15.8. The van der Waals surface area contributed by atoms with E-state index in [1.165, 1.54) is 18.2 Å². The van der Waals surface area contributed by atoms with Crippen LogP contribution in [0.25, 0.3) is 0 Å². The summed E-state index contributed by atoms with van der Waals surface area (Å²) in [6.07, 6.45) is 14.7. The van der Waals surface area contributed by atoms with Gasteiger partial charge in [-0.25, -0.2) is 0 Å². The van der Waals surface area contributed by atoms with Gasteiger partial charge in [-0.2, -0.15) is 0 Å². The summed E-state index contributed by atoms with van der Waals surface area (Å²) in [5, 5.41) is 0. The monoisotopic (exact) mass is 697 g/mol. The van der Waals surface area contributed by atoms with E-state index in [2.05, 4.69) is 20.8 Å². The van der Waals surface area contributed by atoms with Gasteiger partial charge >= 0.3 is 266 Å². The molecule has 43 heavy (non-hydrogen) atoms. The van der Waals surface area contributed by atoms with Crippen molar-refractivity contribution in [3.8, 4) is 17.2 Å². The molecule has 0 amide bonds. The van der Waals surface area contributed by atoms with E-state index >= 15 is 0 Å². The van der Waals surface area contributed by atoms with E-state index < -0.39 is 22.7 Å². The van der Waals surface area contributed by atoms with Crippen molar-refractivity contribution >= 4 is 22.7 Å². The number of aromatic nitrogens is 3. The molecule has 9 nitrogen and oxygen atoms in total. The Balaban J connectivity index is 2.04. The summed E-state index contributed by atoms with van der Waals surface area (Å²) in [5.41, 5.74) is 1.13. The van der Waals surface area contributed by atoms with Crippen LogP contribution in [0.5, 0.6) is 17.2 Å². The SMILES string of the molecule is CCCCCn1ccc(=O)c([O][In]([O]c2c(C)n(CCCCC)ccc2=O)[O]c2c(C)n(CCCCC)ccc2=O)c1C. The van der Waals surface area contributed by atoms with E-state index in [4.69, 9.17) is 8.56 Å². The summed E-state index contributed by atoms with van der Waals surface area (Å²) in [5.74, 6) is 0.440. The third kappa shape index (κ3) is 9.55. The molecular formula is C33H48InN3O6. The zero-order valence-corrected chi connectivity index (χ0v) is 30.1. The van der Waals surface area contributed by atoms with Crippen molar-refractivity contribution in [3.05, 3.63) is 84.5 Å². The second kappa shape index (κ2) is 17.4. The molecule has 0 spiro atoms. The van der Waals surface area contributed by atoms with Gasteiger partial charge in [0, 0.05) is 0 Å². The molecule has 0 aliphatic carbocycles. The fraction of sp³-hybridized carbons (Fsp3) is 0.545. The quantitative estimate of drug-likeness (QED) is 0.147. The van der Waals surface area contributed by atoms with E-state index in [9.17, 15) is 14.4 Å². The zero-order valence-electron chi connectivity index (χ0n) is 26.8. The Kier molecular flexibility index (Phi) is 14.0. The Bertz CT molecular complexity index is 1330. The molecule has 0 aliphatic rings. The van der Waals surface area contributed by atoms with Gasteiger partial charge in [0.1, 0.15) is 0 Å². The first-order chi connectivity index (χ1) is 20.7. The van der Waals surface area contributed by atoms with Crippen LogP contribution in [-0.2, 0) is 19.6 Å². The van der Waals surface area contributed by atoms with Crippen LogP contribution in [0, 0.1) is 20.8 Å². The van der Waals surface area contributed by atoms with Gasteiger partial charge in [-0.15, -0.1) is 0 Å². The summed E-state index contributed by atoms with van der Waals surface area (Å²) in [6, 6.07) is 4.46. The van der Waals surface area contributed by atoms with Gasteiger partial charge in [0.25, 0.3) is 0 Å². The molecule has 0 radical (unpaired) electrons. The predicted molar refractivity (Wildman–Crippen MR) is 173 cm³/mol. The van der Waals surface area contributed by atoms with E-state index in [0.717, 1.165) is 77.4 Å². The fourth-order valence-electron chi connectivity index (χ4n) is 5.08. The summed E-state index contributed by atoms with van der Waals surface area (Å²) in [6.45, 7) is 14.2. The molecule has 0 saturated carbocycles. The van der Waals surface area contributed by atoms with E-state index in [1.54, 1.807) is 18.6 Å². The average Bonchev–Trinajstić information content (AvgIpc) is 2.98. The van der Waals surface area contributed by atoms with Gasteiger partial charge in [-0.3, -0.25) is 0 Å². The van der Waals surface area contributed by atoms with Crippen LogP contribution in [-0.4, -0.2) is 36.4 Å². The Morgan fingerprint density at radius 2 is 0.791 bits per heavy atom. The summed E-state index contributed by atoms with van der Waals surface area (Å²) < 4.78 is 25.1.